The van der Waals surface area contributed by atoms with Gasteiger partial charge in [0, 0.05) is 17.6 Å². The molecule has 2 aromatic carbocycles. The van der Waals surface area contributed by atoms with Gasteiger partial charge in [-0.2, -0.15) is 0 Å². The highest BCUT2D eigenvalue weighted by Gasteiger charge is 2.04. The molecule has 2 aromatic rings. The van der Waals surface area contributed by atoms with E-state index in [1.54, 1.807) is 42.5 Å². The smallest absolute Gasteiger partial charge is 0.337 e. The standard InChI is InChI=1S/C18H16ClNO3/c1-23-18(22)15-8-5-14(6-9-15)12-20-17(21)10-7-13-3-2-4-16(19)11-13/h2-11H,12H2,1H3,(H,20,21)/b10-7+. The fraction of sp³-hybridized carbons (Fsp3) is 0.111. The van der Waals surface area contributed by atoms with Crippen LogP contribution in [0.5, 0.6) is 0 Å². The van der Waals surface area contributed by atoms with Crippen molar-refractivity contribution in [1.29, 1.82) is 0 Å². The van der Waals surface area contributed by atoms with Crippen LogP contribution in [0.2, 0.25) is 5.02 Å². The Labute approximate surface area is 139 Å². The summed E-state index contributed by atoms with van der Waals surface area (Å²) in [4.78, 5) is 23.1. The Morgan fingerprint density at radius 3 is 2.57 bits per heavy atom. The minimum Gasteiger partial charge on any atom is -0.465 e. The van der Waals surface area contributed by atoms with Gasteiger partial charge < -0.3 is 10.1 Å². The van der Waals surface area contributed by atoms with Crippen molar-refractivity contribution in [3.63, 3.8) is 0 Å². The lowest BCUT2D eigenvalue weighted by molar-refractivity contribution is -0.116. The molecule has 0 aromatic heterocycles. The molecule has 0 atom stereocenters. The van der Waals surface area contributed by atoms with Crippen LogP contribution in [0.15, 0.2) is 54.6 Å². The lowest BCUT2D eigenvalue weighted by Gasteiger charge is -2.04. The van der Waals surface area contributed by atoms with Crippen LogP contribution in [-0.2, 0) is 16.1 Å². The first-order valence-electron chi connectivity index (χ1n) is 6.97. The molecule has 1 amide bonds. The van der Waals surface area contributed by atoms with Gasteiger partial charge in [-0.15, -0.1) is 0 Å². The SMILES string of the molecule is COC(=O)c1ccc(CNC(=O)/C=C/c2cccc(Cl)c2)cc1. The molecule has 118 valence electrons. The molecule has 5 heteroatoms. The van der Waals surface area contributed by atoms with Crippen LogP contribution in [0, 0.1) is 0 Å². The molecule has 0 heterocycles. The first-order valence-corrected chi connectivity index (χ1v) is 7.35. The zero-order valence-corrected chi connectivity index (χ0v) is 13.3. The highest BCUT2D eigenvalue weighted by atomic mass is 35.5. The summed E-state index contributed by atoms with van der Waals surface area (Å²) in [5.74, 6) is -0.591. The van der Waals surface area contributed by atoms with Crippen molar-refractivity contribution in [1.82, 2.24) is 5.32 Å². The molecule has 0 saturated heterocycles. The number of hydrogen-bond donors (Lipinski definition) is 1. The predicted octanol–water partition coefficient (Wildman–Crippen LogP) is 3.46. The molecule has 0 saturated carbocycles. The van der Waals surface area contributed by atoms with E-state index in [0.29, 0.717) is 17.1 Å². The molecule has 23 heavy (non-hydrogen) atoms. The minimum absolute atomic E-state index is 0.206. The number of benzene rings is 2. The molecule has 0 aliphatic rings. The zero-order valence-electron chi connectivity index (χ0n) is 12.6. The maximum atomic E-state index is 11.8. The summed E-state index contributed by atoms with van der Waals surface area (Å²) in [5, 5.41) is 3.39. The summed E-state index contributed by atoms with van der Waals surface area (Å²) >= 11 is 5.88. The van der Waals surface area contributed by atoms with Crippen LogP contribution in [-0.4, -0.2) is 19.0 Å². The second kappa shape index (κ2) is 8.15. The average molecular weight is 330 g/mol. The van der Waals surface area contributed by atoms with Crippen molar-refractivity contribution < 1.29 is 14.3 Å². The van der Waals surface area contributed by atoms with Gasteiger partial charge in [-0.1, -0.05) is 35.9 Å². The molecule has 0 aliphatic heterocycles. The van der Waals surface area contributed by atoms with Gasteiger partial charge in [0.2, 0.25) is 5.91 Å². The van der Waals surface area contributed by atoms with Crippen molar-refractivity contribution in [3.05, 3.63) is 76.3 Å². The van der Waals surface area contributed by atoms with Gasteiger partial charge in [0.1, 0.15) is 0 Å². The van der Waals surface area contributed by atoms with E-state index in [1.165, 1.54) is 13.2 Å². The van der Waals surface area contributed by atoms with Gasteiger partial charge in [0.05, 0.1) is 12.7 Å². The number of ether oxygens (including phenoxy) is 1. The zero-order chi connectivity index (χ0) is 16.7. The molecule has 0 fully saturated rings. The second-order valence-corrected chi connectivity index (χ2v) is 5.23. The summed E-state index contributed by atoms with van der Waals surface area (Å²) in [6.45, 7) is 0.375. The number of methoxy groups -OCH3 is 1. The number of esters is 1. The van der Waals surface area contributed by atoms with Crippen molar-refractivity contribution >= 4 is 29.6 Å². The van der Waals surface area contributed by atoms with Crippen LogP contribution >= 0.6 is 11.6 Å². The predicted molar refractivity (Wildman–Crippen MR) is 90.1 cm³/mol. The highest BCUT2D eigenvalue weighted by Crippen LogP contribution is 2.11. The fourth-order valence-electron chi connectivity index (χ4n) is 1.91. The quantitative estimate of drug-likeness (QED) is 0.675. The van der Waals surface area contributed by atoms with E-state index < -0.39 is 0 Å². The monoisotopic (exact) mass is 329 g/mol. The van der Waals surface area contributed by atoms with Gasteiger partial charge in [-0.05, 0) is 41.5 Å². The average Bonchev–Trinajstić information content (AvgIpc) is 2.58. The van der Waals surface area contributed by atoms with Crippen molar-refractivity contribution in [2.75, 3.05) is 7.11 Å². The Hall–Kier alpha value is -2.59. The van der Waals surface area contributed by atoms with Crippen LogP contribution < -0.4 is 5.32 Å². The van der Waals surface area contributed by atoms with Crippen molar-refractivity contribution in [3.8, 4) is 0 Å². The van der Waals surface area contributed by atoms with Crippen LogP contribution in [0.1, 0.15) is 21.5 Å². The Morgan fingerprint density at radius 1 is 1.17 bits per heavy atom. The first kappa shape index (κ1) is 16.8. The lowest BCUT2D eigenvalue weighted by atomic mass is 10.1. The second-order valence-electron chi connectivity index (χ2n) is 4.79. The summed E-state index contributed by atoms with van der Waals surface area (Å²) < 4.78 is 4.63. The van der Waals surface area contributed by atoms with E-state index in [1.807, 2.05) is 12.1 Å². The van der Waals surface area contributed by atoms with Gasteiger partial charge in [0.15, 0.2) is 0 Å². The molecule has 0 spiro atoms. The largest absolute Gasteiger partial charge is 0.465 e. The van der Waals surface area contributed by atoms with Crippen molar-refractivity contribution in [2.24, 2.45) is 0 Å². The number of hydrogen-bond acceptors (Lipinski definition) is 3. The topological polar surface area (TPSA) is 55.4 Å². The summed E-state index contributed by atoms with van der Waals surface area (Å²) in [7, 11) is 1.34. The summed E-state index contributed by atoms with van der Waals surface area (Å²) in [5.41, 5.74) is 2.22. The fourth-order valence-corrected chi connectivity index (χ4v) is 2.11. The number of carbonyl (C=O) groups excluding carboxylic acids is 2. The molecular weight excluding hydrogens is 314 g/mol. The first-order chi connectivity index (χ1) is 11.1. The molecule has 0 bridgehead atoms. The number of carbonyl (C=O) groups is 2. The third-order valence-corrected chi connectivity index (χ3v) is 3.35. The van der Waals surface area contributed by atoms with E-state index in [9.17, 15) is 9.59 Å². The minimum atomic E-state index is -0.384. The van der Waals surface area contributed by atoms with E-state index in [2.05, 4.69) is 10.1 Å². The van der Waals surface area contributed by atoms with Gasteiger partial charge in [-0.3, -0.25) is 4.79 Å². The molecule has 0 aliphatic carbocycles. The molecule has 0 unspecified atom stereocenters. The molecule has 0 radical (unpaired) electrons. The maximum Gasteiger partial charge on any atom is 0.337 e. The number of rotatable bonds is 5. The third kappa shape index (κ3) is 5.27. The normalized spacial score (nSPS) is 10.5. The molecule has 4 nitrogen and oxygen atoms in total. The lowest BCUT2D eigenvalue weighted by Crippen LogP contribution is -2.20. The molecule has 1 N–H and O–H groups in total. The number of nitrogens with one attached hydrogen (secondary N) is 1. The van der Waals surface area contributed by atoms with Gasteiger partial charge in [0.25, 0.3) is 0 Å². The Morgan fingerprint density at radius 2 is 1.91 bits per heavy atom. The molecular formula is C18H16ClNO3. The van der Waals surface area contributed by atoms with Crippen molar-refractivity contribution in [2.45, 2.75) is 6.54 Å². The molecule has 2 rings (SSSR count). The van der Waals surface area contributed by atoms with Crippen LogP contribution in [0.25, 0.3) is 6.08 Å². The summed E-state index contributed by atoms with van der Waals surface area (Å²) in [6, 6.07) is 14.1. The van der Waals surface area contributed by atoms with Gasteiger partial charge >= 0.3 is 5.97 Å². The van der Waals surface area contributed by atoms with E-state index in [-0.39, 0.29) is 11.9 Å². The van der Waals surface area contributed by atoms with Gasteiger partial charge in [-0.25, -0.2) is 4.79 Å². The number of amides is 1. The van der Waals surface area contributed by atoms with E-state index in [0.717, 1.165) is 11.1 Å². The van der Waals surface area contributed by atoms with Crippen LogP contribution in [0.4, 0.5) is 0 Å². The Balaban J connectivity index is 1.88. The third-order valence-electron chi connectivity index (χ3n) is 3.12. The Bertz CT molecular complexity index is 723. The highest BCUT2D eigenvalue weighted by molar-refractivity contribution is 6.30. The van der Waals surface area contributed by atoms with E-state index in [4.69, 9.17) is 11.6 Å². The summed E-state index contributed by atoms with van der Waals surface area (Å²) in [6.07, 6.45) is 3.15. The Kier molecular flexibility index (Phi) is 5.94. The van der Waals surface area contributed by atoms with Crippen LogP contribution in [0.3, 0.4) is 0 Å². The number of halogens is 1. The van der Waals surface area contributed by atoms with E-state index >= 15 is 0 Å². The maximum absolute atomic E-state index is 11.8.